The summed E-state index contributed by atoms with van der Waals surface area (Å²) < 4.78 is 35.1. The van der Waals surface area contributed by atoms with Crippen molar-refractivity contribution in [1.29, 1.82) is 0 Å². The molecule has 2 bridgehead atoms. The Kier molecular flexibility index (Phi) is 29.1. The van der Waals surface area contributed by atoms with Gasteiger partial charge in [0, 0.05) is 31.3 Å². The van der Waals surface area contributed by atoms with Gasteiger partial charge >= 0.3 is 13.8 Å². The van der Waals surface area contributed by atoms with Crippen molar-refractivity contribution < 1.29 is 52.1 Å². The zero-order valence-electron chi connectivity index (χ0n) is 37.0. The molecule has 0 aromatic rings. The van der Waals surface area contributed by atoms with Crippen LogP contribution in [0.3, 0.4) is 0 Å². The normalized spacial score (nSPS) is 21.9. The van der Waals surface area contributed by atoms with Crippen LogP contribution in [0.4, 0.5) is 0 Å². The lowest BCUT2D eigenvalue weighted by Gasteiger charge is -2.27. The molecule has 11 nitrogen and oxygen atoms in total. The lowest BCUT2D eigenvalue weighted by molar-refractivity contribution is -0.870. The Balaban J connectivity index is 1.69. The van der Waals surface area contributed by atoms with Crippen molar-refractivity contribution in [3.8, 4) is 0 Å². The van der Waals surface area contributed by atoms with Gasteiger partial charge in [0.05, 0.1) is 46.6 Å². The second-order valence-corrected chi connectivity index (χ2v) is 18.6. The van der Waals surface area contributed by atoms with Crippen molar-refractivity contribution >= 4 is 13.8 Å². The zero-order chi connectivity index (χ0) is 42.3. The van der Waals surface area contributed by atoms with E-state index in [1.54, 1.807) is 0 Å². The fourth-order valence-electron chi connectivity index (χ4n) is 7.16. The van der Waals surface area contributed by atoms with Crippen molar-refractivity contribution in [3.05, 3.63) is 48.6 Å². The molecule has 1 heterocycles. The number of phosphoric acid groups is 1. The van der Waals surface area contributed by atoms with Crippen LogP contribution < -0.4 is 0 Å². The Morgan fingerprint density at radius 2 is 1.41 bits per heavy atom. The minimum atomic E-state index is -4.33. The molecule has 2 aliphatic rings. The topological polar surface area (TPSA) is 130 Å². The van der Waals surface area contributed by atoms with E-state index < -0.39 is 26.0 Å². The van der Waals surface area contributed by atoms with E-state index in [-0.39, 0.29) is 50.3 Å². The molecule has 0 aromatic carbocycles. The molecular formula is C46H83NO10P+. The number of hydrogen-bond acceptors (Lipinski definition) is 9. The molecule has 336 valence electrons. The van der Waals surface area contributed by atoms with Gasteiger partial charge in [-0.2, -0.15) is 0 Å². The average molecular weight is 841 g/mol. The summed E-state index contributed by atoms with van der Waals surface area (Å²) >= 11 is 0. The van der Waals surface area contributed by atoms with Gasteiger partial charge in [0.25, 0.3) is 0 Å². The lowest BCUT2D eigenvalue weighted by atomic mass is 9.89. The maximum atomic E-state index is 12.8. The number of likely N-dealkylation sites (N-methyl/N-ethyl adjacent to an activating group) is 1. The number of carbonyl (C=O) groups is 1. The molecule has 2 fully saturated rings. The van der Waals surface area contributed by atoms with Gasteiger partial charge in [-0.3, -0.25) is 13.8 Å². The minimum Gasteiger partial charge on any atom is -0.457 e. The van der Waals surface area contributed by atoms with Gasteiger partial charge < -0.3 is 24.0 Å². The highest BCUT2D eigenvalue weighted by atomic mass is 31.2. The number of aliphatic hydroxyl groups is 1. The van der Waals surface area contributed by atoms with Gasteiger partial charge in [-0.05, 0) is 64.2 Å². The Labute approximate surface area is 352 Å². The molecule has 0 spiro atoms. The van der Waals surface area contributed by atoms with Crippen LogP contribution in [0.15, 0.2) is 48.6 Å². The summed E-state index contributed by atoms with van der Waals surface area (Å²) in [7, 11) is 1.56. The van der Waals surface area contributed by atoms with E-state index in [0.29, 0.717) is 36.9 Å². The summed E-state index contributed by atoms with van der Waals surface area (Å²) in [5.74, 6) is 0.0489. The SMILES string of the molecule is CC/C=C\CC(O)/C=C/C1C2CC(OO2)C1C/C=C\CCCC(=O)OC(COCCCCCCCC/C=C\CCCCCCCC)COP(=O)(O)OCC[N+](C)(C)C. The predicted octanol–water partition coefficient (Wildman–Crippen LogP) is 10.5. The standard InChI is InChI=1S/C46H82NO10P/c1-6-8-10-11-12-13-14-15-16-17-18-19-20-21-24-28-35-52-38-41(39-54-58(50,51)53-36-34-47(3,4)5)55-46(49)31-27-23-22-26-30-42-43(45-37-44(42)56-57-45)33-32-40(48)29-25-9-7-2/h9,15-16,22,25-26,32-33,40-45,48H,6-8,10-14,17-21,23-24,27-31,34-39H2,1-5H3/p+1/b16-15-,25-9-,26-22-,33-32+. The number of hydrogen-bond donors (Lipinski definition) is 2. The number of ether oxygens (including phenoxy) is 2. The van der Waals surface area contributed by atoms with Crippen LogP contribution in [0.2, 0.25) is 0 Å². The molecule has 2 rings (SSSR count). The molecule has 0 aromatic heterocycles. The first-order valence-electron chi connectivity index (χ1n) is 22.8. The Hall–Kier alpha value is -1.66. The predicted molar refractivity (Wildman–Crippen MR) is 233 cm³/mol. The molecule has 1 aliphatic carbocycles. The molecule has 0 radical (unpaired) electrons. The number of aliphatic hydroxyl groups excluding tert-OH is 1. The van der Waals surface area contributed by atoms with Crippen LogP contribution in [-0.2, 0) is 37.7 Å². The van der Waals surface area contributed by atoms with Crippen LogP contribution in [0.5, 0.6) is 0 Å². The second-order valence-electron chi connectivity index (χ2n) is 17.1. The summed E-state index contributed by atoms with van der Waals surface area (Å²) in [6, 6.07) is 0. The molecule has 12 heteroatoms. The molecule has 7 unspecified atom stereocenters. The van der Waals surface area contributed by atoms with Crippen LogP contribution >= 0.6 is 7.82 Å². The van der Waals surface area contributed by atoms with Crippen LogP contribution in [0, 0.1) is 11.8 Å². The number of fused-ring (bicyclic) bond motifs is 2. The van der Waals surface area contributed by atoms with E-state index in [0.717, 1.165) is 44.9 Å². The number of rotatable bonds is 37. The number of nitrogens with zero attached hydrogens (tertiary/aromatic N) is 1. The van der Waals surface area contributed by atoms with Gasteiger partial charge in [0.1, 0.15) is 25.4 Å². The summed E-state index contributed by atoms with van der Waals surface area (Å²) in [5, 5.41) is 10.3. The molecule has 58 heavy (non-hydrogen) atoms. The summed E-state index contributed by atoms with van der Waals surface area (Å²) in [6.07, 6.45) is 37.6. The van der Waals surface area contributed by atoms with Gasteiger partial charge in [0.15, 0.2) is 0 Å². The number of carbonyl (C=O) groups excluding carboxylic acids is 1. The number of quaternary nitrogens is 1. The van der Waals surface area contributed by atoms with Gasteiger partial charge in [-0.25, -0.2) is 14.3 Å². The molecule has 0 amide bonds. The Morgan fingerprint density at radius 3 is 2.10 bits per heavy atom. The zero-order valence-corrected chi connectivity index (χ0v) is 37.9. The van der Waals surface area contributed by atoms with Gasteiger partial charge in [0.2, 0.25) is 0 Å². The van der Waals surface area contributed by atoms with Crippen molar-refractivity contribution in [3.63, 3.8) is 0 Å². The monoisotopic (exact) mass is 841 g/mol. The van der Waals surface area contributed by atoms with E-state index in [4.69, 9.17) is 28.3 Å². The van der Waals surface area contributed by atoms with E-state index in [9.17, 15) is 19.4 Å². The fourth-order valence-corrected chi connectivity index (χ4v) is 7.90. The maximum Gasteiger partial charge on any atom is 0.472 e. The fraction of sp³-hybridized carbons (Fsp3) is 0.804. The molecule has 1 aliphatic heterocycles. The van der Waals surface area contributed by atoms with E-state index in [1.807, 2.05) is 33.3 Å². The highest BCUT2D eigenvalue weighted by Crippen LogP contribution is 2.45. The summed E-state index contributed by atoms with van der Waals surface area (Å²) in [4.78, 5) is 34.1. The van der Waals surface area contributed by atoms with E-state index >= 15 is 0 Å². The van der Waals surface area contributed by atoms with E-state index in [1.165, 1.54) is 64.2 Å². The van der Waals surface area contributed by atoms with Crippen LogP contribution in [-0.4, -0.2) is 99.0 Å². The Morgan fingerprint density at radius 1 is 0.776 bits per heavy atom. The maximum absolute atomic E-state index is 12.8. The Bertz CT molecular complexity index is 1220. The smallest absolute Gasteiger partial charge is 0.457 e. The number of phosphoric ester groups is 1. The van der Waals surface area contributed by atoms with E-state index in [2.05, 4.69) is 50.3 Å². The number of unbranched alkanes of at least 4 members (excludes halogenated alkanes) is 13. The molecule has 2 N–H and O–H groups in total. The number of allylic oxidation sites excluding steroid dienone is 5. The quantitative estimate of drug-likeness (QED) is 0.0156. The van der Waals surface area contributed by atoms with Crippen LogP contribution in [0.1, 0.15) is 149 Å². The van der Waals surface area contributed by atoms with Crippen molar-refractivity contribution in [2.45, 2.75) is 173 Å². The van der Waals surface area contributed by atoms with Crippen molar-refractivity contribution in [2.75, 3.05) is 54.1 Å². The third-order valence-corrected chi connectivity index (χ3v) is 11.7. The first-order valence-corrected chi connectivity index (χ1v) is 24.3. The van der Waals surface area contributed by atoms with Gasteiger partial charge in [-0.1, -0.05) is 120 Å². The summed E-state index contributed by atoms with van der Waals surface area (Å²) in [5.41, 5.74) is 0. The largest absolute Gasteiger partial charge is 0.472 e. The second kappa shape index (κ2) is 32.1. The molecule has 1 saturated carbocycles. The molecule has 1 saturated heterocycles. The molecule has 7 atom stereocenters. The highest BCUT2D eigenvalue weighted by molar-refractivity contribution is 7.47. The third kappa shape index (κ3) is 26.5. The third-order valence-electron chi connectivity index (χ3n) is 10.7. The number of esters is 1. The average Bonchev–Trinajstić information content (AvgIpc) is 3.78. The van der Waals surface area contributed by atoms with Gasteiger partial charge in [-0.15, -0.1) is 0 Å². The molecular weight excluding hydrogens is 757 g/mol. The summed E-state index contributed by atoms with van der Waals surface area (Å²) in [6.45, 7) is 5.22. The van der Waals surface area contributed by atoms with Crippen molar-refractivity contribution in [1.82, 2.24) is 0 Å². The minimum absolute atomic E-state index is 0.00900. The van der Waals surface area contributed by atoms with Crippen molar-refractivity contribution in [2.24, 2.45) is 11.8 Å². The van der Waals surface area contributed by atoms with Crippen LogP contribution in [0.25, 0.3) is 0 Å². The first-order chi connectivity index (χ1) is 27.9. The highest BCUT2D eigenvalue weighted by Gasteiger charge is 2.49. The first kappa shape index (κ1) is 52.5. The lowest BCUT2D eigenvalue weighted by Crippen LogP contribution is -2.37.